The first kappa shape index (κ1) is 12.4. The van der Waals surface area contributed by atoms with Gasteiger partial charge in [0.2, 0.25) is 5.91 Å². The van der Waals surface area contributed by atoms with Gasteiger partial charge in [0.05, 0.1) is 12.6 Å². The molecule has 1 aliphatic heterocycles. The highest BCUT2D eigenvalue weighted by Gasteiger charge is 2.29. The highest BCUT2D eigenvalue weighted by atomic mass is 16.3. The molecular formula is C9H15N3O4. The normalized spacial score (nSPS) is 17.2. The summed E-state index contributed by atoms with van der Waals surface area (Å²) in [5.74, 6) is -0.818. The molecule has 0 spiro atoms. The van der Waals surface area contributed by atoms with Crippen molar-refractivity contribution in [1.29, 1.82) is 0 Å². The monoisotopic (exact) mass is 229 g/mol. The van der Waals surface area contributed by atoms with Crippen LogP contribution >= 0.6 is 0 Å². The van der Waals surface area contributed by atoms with Crippen molar-refractivity contribution in [3.8, 4) is 0 Å². The van der Waals surface area contributed by atoms with Crippen LogP contribution in [0.25, 0.3) is 0 Å². The predicted molar refractivity (Wildman–Crippen MR) is 54.4 cm³/mol. The molecular weight excluding hydrogens is 214 g/mol. The number of rotatable bonds is 5. The van der Waals surface area contributed by atoms with Crippen molar-refractivity contribution in [2.75, 3.05) is 19.6 Å². The molecule has 1 unspecified atom stereocenters. The highest BCUT2D eigenvalue weighted by Crippen LogP contribution is 1.97. The fourth-order valence-electron chi connectivity index (χ4n) is 1.24. The molecule has 1 saturated heterocycles. The van der Waals surface area contributed by atoms with E-state index in [1.807, 2.05) is 0 Å². The number of aliphatic hydroxyl groups excluding tert-OH is 1. The van der Waals surface area contributed by atoms with Crippen LogP contribution in [0.4, 0.5) is 4.79 Å². The van der Waals surface area contributed by atoms with Crippen molar-refractivity contribution in [2.45, 2.75) is 19.4 Å². The van der Waals surface area contributed by atoms with E-state index in [2.05, 4.69) is 10.6 Å². The van der Waals surface area contributed by atoms with Gasteiger partial charge in [-0.15, -0.1) is 0 Å². The molecule has 7 nitrogen and oxygen atoms in total. The van der Waals surface area contributed by atoms with Gasteiger partial charge < -0.3 is 15.7 Å². The summed E-state index contributed by atoms with van der Waals surface area (Å²) in [5, 5.41) is 13.8. The lowest BCUT2D eigenvalue weighted by molar-refractivity contribution is -0.130. The number of carbonyl (C=O) groups is 3. The summed E-state index contributed by atoms with van der Waals surface area (Å²) in [4.78, 5) is 34.4. The second-order valence-electron chi connectivity index (χ2n) is 3.63. The van der Waals surface area contributed by atoms with Crippen LogP contribution in [0, 0.1) is 0 Å². The minimum absolute atomic E-state index is 0.0558. The zero-order valence-electron chi connectivity index (χ0n) is 9.02. The Hall–Kier alpha value is -1.63. The molecule has 0 saturated carbocycles. The van der Waals surface area contributed by atoms with E-state index in [-0.39, 0.29) is 13.1 Å². The molecule has 0 bridgehead atoms. The number of aliphatic hydroxyl groups is 1. The molecule has 1 atom stereocenters. The summed E-state index contributed by atoms with van der Waals surface area (Å²) in [6, 6.07) is -0.546. The molecule has 7 heteroatoms. The smallest absolute Gasteiger partial charge is 0.325 e. The number of hydrogen-bond donors (Lipinski definition) is 3. The number of imide groups is 1. The lowest BCUT2D eigenvalue weighted by atomic mass is 10.3. The molecule has 1 aliphatic rings. The number of amides is 4. The van der Waals surface area contributed by atoms with Crippen molar-refractivity contribution in [1.82, 2.24) is 15.5 Å². The standard InChI is InChI=1S/C9H15N3O4/c1-6(13)2-3-10-7(14)5-12-8(15)4-11-9(12)16/h6,13H,2-5H2,1H3,(H,10,14)(H,11,16). The minimum Gasteiger partial charge on any atom is -0.393 e. The number of nitrogens with zero attached hydrogens (tertiary/aromatic N) is 1. The topological polar surface area (TPSA) is 98.7 Å². The Balaban J connectivity index is 2.28. The fourth-order valence-corrected chi connectivity index (χ4v) is 1.24. The van der Waals surface area contributed by atoms with Crippen LogP contribution in [0.2, 0.25) is 0 Å². The van der Waals surface area contributed by atoms with Crippen LogP contribution in [-0.4, -0.2) is 53.6 Å². The van der Waals surface area contributed by atoms with Gasteiger partial charge in [-0.2, -0.15) is 0 Å². The van der Waals surface area contributed by atoms with Crippen molar-refractivity contribution in [3.05, 3.63) is 0 Å². The van der Waals surface area contributed by atoms with Gasteiger partial charge in [-0.25, -0.2) is 4.79 Å². The van der Waals surface area contributed by atoms with Crippen molar-refractivity contribution >= 4 is 17.8 Å². The van der Waals surface area contributed by atoms with Gasteiger partial charge >= 0.3 is 6.03 Å². The number of urea groups is 1. The zero-order chi connectivity index (χ0) is 12.1. The molecule has 0 aliphatic carbocycles. The van der Waals surface area contributed by atoms with Gasteiger partial charge in [-0.3, -0.25) is 14.5 Å². The van der Waals surface area contributed by atoms with Gasteiger partial charge in [0, 0.05) is 6.54 Å². The summed E-state index contributed by atoms with van der Waals surface area (Å²) >= 11 is 0. The maximum Gasteiger partial charge on any atom is 0.325 e. The van der Waals surface area contributed by atoms with E-state index in [9.17, 15) is 14.4 Å². The largest absolute Gasteiger partial charge is 0.393 e. The van der Waals surface area contributed by atoms with Gasteiger partial charge in [0.15, 0.2) is 0 Å². The first-order chi connectivity index (χ1) is 7.50. The zero-order valence-corrected chi connectivity index (χ0v) is 9.02. The Morgan fingerprint density at radius 2 is 2.31 bits per heavy atom. The third-order valence-electron chi connectivity index (χ3n) is 2.12. The lowest BCUT2D eigenvalue weighted by Gasteiger charge is -2.12. The van der Waals surface area contributed by atoms with Crippen molar-refractivity contribution in [2.24, 2.45) is 0 Å². The van der Waals surface area contributed by atoms with E-state index in [1.54, 1.807) is 6.92 Å². The predicted octanol–water partition coefficient (Wildman–Crippen LogP) is -1.57. The fraction of sp³-hybridized carbons (Fsp3) is 0.667. The molecule has 3 N–H and O–H groups in total. The average Bonchev–Trinajstić information content (AvgIpc) is 2.49. The van der Waals surface area contributed by atoms with E-state index >= 15 is 0 Å². The highest BCUT2D eigenvalue weighted by molar-refractivity contribution is 6.04. The Kier molecular flexibility index (Phi) is 4.24. The van der Waals surface area contributed by atoms with E-state index < -0.39 is 23.9 Å². The van der Waals surface area contributed by atoms with Gasteiger partial charge in [0.1, 0.15) is 6.54 Å². The number of hydrogen-bond acceptors (Lipinski definition) is 4. The number of nitrogens with one attached hydrogen (secondary N) is 2. The third-order valence-corrected chi connectivity index (χ3v) is 2.12. The summed E-state index contributed by atoms with van der Waals surface area (Å²) < 4.78 is 0. The first-order valence-corrected chi connectivity index (χ1v) is 5.03. The van der Waals surface area contributed by atoms with Crippen LogP contribution in [0.15, 0.2) is 0 Å². The SMILES string of the molecule is CC(O)CCNC(=O)CN1C(=O)CNC1=O. The van der Waals surface area contributed by atoms with E-state index in [4.69, 9.17) is 5.11 Å². The Bertz CT molecular complexity index is 287. The molecule has 0 radical (unpaired) electrons. The van der Waals surface area contributed by atoms with Gasteiger partial charge in [-0.1, -0.05) is 0 Å². The molecule has 1 heterocycles. The maximum absolute atomic E-state index is 11.3. The van der Waals surface area contributed by atoms with E-state index in [1.165, 1.54) is 0 Å². The van der Waals surface area contributed by atoms with E-state index in [0.717, 1.165) is 4.90 Å². The molecule has 0 aromatic carbocycles. The first-order valence-electron chi connectivity index (χ1n) is 5.03. The van der Waals surface area contributed by atoms with Gasteiger partial charge in [-0.05, 0) is 13.3 Å². The molecule has 4 amide bonds. The van der Waals surface area contributed by atoms with Crippen LogP contribution in [-0.2, 0) is 9.59 Å². The van der Waals surface area contributed by atoms with Crippen LogP contribution in [0.1, 0.15) is 13.3 Å². The third kappa shape index (κ3) is 3.50. The van der Waals surface area contributed by atoms with Crippen LogP contribution in [0.3, 0.4) is 0 Å². The van der Waals surface area contributed by atoms with Crippen LogP contribution in [0.5, 0.6) is 0 Å². The summed E-state index contributed by atoms with van der Waals surface area (Å²) in [7, 11) is 0. The van der Waals surface area contributed by atoms with Crippen molar-refractivity contribution < 1.29 is 19.5 Å². The minimum atomic E-state index is -0.546. The maximum atomic E-state index is 11.3. The summed E-state index contributed by atoms with van der Waals surface area (Å²) in [6.45, 7) is 1.61. The molecule has 1 rings (SSSR count). The quantitative estimate of drug-likeness (QED) is 0.496. The second-order valence-corrected chi connectivity index (χ2v) is 3.63. The Labute approximate surface area is 92.8 Å². The number of carbonyl (C=O) groups excluding carboxylic acids is 3. The Morgan fingerprint density at radius 3 is 2.81 bits per heavy atom. The molecule has 0 aromatic heterocycles. The lowest BCUT2D eigenvalue weighted by Crippen LogP contribution is -2.41. The Morgan fingerprint density at radius 1 is 1.62 bits per heavy atom. The molecule has 0 aromatic rings. The average molecular weight is 229 g/mol. The van der Waals surface area contributed by atoms with E-state index in [0.29, 0.717) is 13.0 Å². The van der Waals surface area contributed by atoms with Crippen LogP contribution < -0.4 is 10.6 Å². The molecule has 16 heavy (non-hydrogen) atoms. The second kappa shape index (κ2) is 5.45. The summed E-state index contributed by atoms with van der Waals surface area (Å²) in [6.07, 6.45) is -0.0525. The molecule has 90 valence electrons. The van der Waals surface area contributed by atoms with Gasteiger partial charge in [0.25, 0.3) is 5.91 Å². The summed E-state index contributed by atoms with van der Waals surface area (Å²) in [5.41, 5.74) is 0. The van der Waals surface area contributed by atoms with Crippen molar-refractivity contribution in [3.63, 3.8) is 0 Å². The molecule has 1 fully saturated rings.